The number of H-pyrrole nitrogens is 1. The van der Waals surface area contributed by atoms with Crippen molar-refractivity contribution in [1.82, 2.24) is 29.4 Å². The Balaban J connectivity index is 1.65. The van der Waals surface area contributed by atoms with E-state index in [1.54, 1.807) is 27.8 Å². The predicted molar refractivity (Wildman–Crippen MR) is 126 cm³/mol. The molecule has 1 saturated heterocycles. The van der Waals surface area contributed by atoms with Gasteiger partial charge in [-0.3, -0.25) is 24.1 Å². The Labute approximate surface area is 193 Å². The largest absolute Gasteiger partial charge is 0.384 e. The number of likely N-dealkylation sites (tertiary alicyclic amines) is 1. The van der Waals surface area contributed by atoms with Crippen LogP contribution in [0.3, 0.4) is 0 Å². The summed E-state index contributed by atoms with van der Waals surface area (Å²) >= 11 is 0. The number of piperidine rings is 1. The first-order chi connectivity index (χ1) is 16.5. The summed E-state index contributed by atoms with van der Waals surface area (Å²) < 4.78 is 6.54. The number of nitrogens with two attached hydrogens (primary N) is 1. The third kappa shape index (κ3) is 3.79. The molecule has 3 N–H and O–H groups in total. The molecule has 5 heterocycles. The van der Waals surface area contributed by atoms with Gasteiger partial charge in [0, 0.05) is 44.2 Å². The molecule has 0 bridgehead atoms. The second kappa shape index (κ2) is 8.67. The van der Waals surface area contributed by atoms with Crippen LogP contribution in [0.1, 0.15) is 18.9 Å². The molecule has 1 fully saturated rings. The number of ether oxygens (including phenoxy) is 1. The first-order valence-electron chi connectivity index (χ1n) is 10.9. The third-order valence-electron chi connectivity index (χ3n) is 6.14. The summed E-state index contributed by atoms with van der Waals surface area (Å²) in [5, 5.41) is 0.282. The van der Waals surface area contributed by atoms with Gasteiger partial charge in [0.2, 0.25) is 5.91 Å². The van der Waals surface area contributed by atoms with Crippen LogP contribution in [0.4, 0.5) is 5.82 Å². The van der Waals surface area contributed by atoms with Crippen LogP contribution in [0, 0.1) is 0 Å². The molecule has 1 aliphatic heterocycles. The van der Waals surface area contributed by atoms with Crippen molar-refractivity contribution >= 4 is 33.7 Å². The molecule has 11 nitrogen and oxygen atoms in total. The van der Waals surface area contributed by atoms with Crippen molar-refractivity contribution < 1.29 is 9.53 Å². The maximum Gasteiger partial charge on any atom is 0.329 e. The first-order valence-corrected chi connectivity index (χ1v) is 10.9. The van der Waals surface area contributed by atoms with Gasteiger partial charge in [0.1, 0.15) is 17.9 Å². The minimum absolute atomic E-state index is 0.0230. The molecular weight excluding hydrogens is 438 g/mol. The molecule has 0 atom stereocenters. The van der Waals surface area contributed by atoms with Crippen LogP contribution in [0.5, 0.6) is 0 Å². The van der Waals surface area contributed by atoms with Gasteiger partial charge in [-0.25, -0.2) is 14.8 Å². The van der Waals surface area contributed by atoms with Gasteiger partial charge >= 0.3 is 5.69 Å². The number of anilines is 1. The molecule has 5 rings (SSSR count). The average Bonchev–Trinajstić information content (AvgIpc) is 2.84. The third-order valence-corrected chi connectivity index (χ3v) is 6.14. The number of aromatic amines is 1. The van der Waals surface area contributed by atoms with Crippen LogP contribution in [-0.2, 0) is 9.53 Å². The smallest absolute Gasteiger partial charge is 0.329 e. The highest BCUT2D eigenvalue weighted by molar-refractivity contribution is 6.01. The lowest BCUT2D eigenvalue weighted by molar-refractivity contribution is -0.136. The summed E-state index contributed by atoms with van der Waals surface area (Å²) in [5.41, 5.74) is 7.50. The van der Waals surface area contributed by atoms with Gasteiger partial charge in [-0.2, -0.15) is 0 Å². The number of pyridine rings is 3. The van der Waals surface area contributed by atoms with Gasteiger partial charge in [-0.05, 0) is 37.1 Å². The molecule has 0 saturated carbocycles. The number of methoxy groups -OCH3 is 1. The normalized spacial score (nSPS) is 14.7. The quantitative estimate of drug-likeness (QED) is 0.429. The van der Waals surface area contributed by atoms with E-state index in [0.717, 1.165) is 5.56 Å². The van der Waals surface area contributed by atoms with Crippen molar-refractivity contribution in [3.63, 3.8) is 0 Å². The zero-order chi connectivity index (χ0) is 23.8. The number of amides is 1. The van der Waals surface area contributed by atoms with E-state index in [0.29, 0.717) is 54.0 Å². The van der Waals surface area contributed by atoms with Crippen molar-refractivity contribution in [1.29, 1.82) is 0 Å². The van der Waals surface area contributed by atoms with Gasteiger partial charge in [0.05, 0.1) is 22.1 Å². The van der Waals surface area contributed by atoms with Crippen LogP contribution >= 0.6 is 0 Å². The molecule has 174 valence electrons. The number of carbonyl (C=O) groups excluding carboxylic acids is 1. The van der Waals surface area contributed by atoms with Crippen molar-refractivity contribution in [3.8, 4) is 11.3 Å². The van der Waals surface area contributed by atoms with Crippen molar-refractivity contribution in [2.45, 2.75) is 18.9 Å². The van der Waals surface area contributed by atoms with E-state index >= 15 is 0 Å². The zero-order valence-corrected chi connectivity index (χ0v) is 18.5. The Bertz CT molecular complexity index is 1500. The lowest BCUT2D eigenvalue weighted by Gasteiger charge is -2.33. The van der Waals surface area contributed by atoms with E-state index in [1.807, 2.05) is 12.1 Å². The van der Waals surface area contributed by atoms with Crippen LogP contribution in [-0.4, -0.2) is 62.1 Å². The highest BCUT2D eigenvalue weighted by Gasteiger charge is 2.27. The number of nitrogens with zero attached hydrogens (tertiary/aromatic N) is 5. The number of nitrogen functional groups attached to an aromatic ring is 1. The van der Waals surface area contributed by atoms with Crippen molar-refractivity contribution in [2.24, 2.45) is 0 Å². The average molecular weight is 461 g/mol. The molecule has 1 amide bonds. The fourth-order valence-electron chi connectivity index (χ4n) is 4.44. The fourth-order valence-corrected chi connectivity index (χ4v) is 4.44. The number of carbonyl (C=O) groups is 1. The van der Waals surface area contributed by atoms with Gasteiger partial charge in [0.25, 0.3) is 5.56 Å². The number of nitrogens with one attached hydrogen (secondary N) is 1. The van der Waals surface area contributed by atoms with E-state index < -0.39 is 11.2 Å². The molecule has 4 aromatic rings. The van der Waals surface area contributed by atoms with Crippen LogP contribution < -0.4 is 17.0 Å². The van der Waals surface area contributed by atoms with Gasteiger partial charge in [0.15, 0.2) is 0 Å². The molecule has 1 aliphatic rings. The Morgan fingerprint density at radius 2 is 1.94 bits per heavy atom. The second-order valence-electron chi connectivity index (χ2n) is 8.23. The van der Waals surface area contributed by atoms with Crippen LogP contribution in [0.2, 0.25) is 0 Å². The molecule has 0 unspecified atom stereocenters. The van der Waals surface area contributed by atoms with Crippen LogP contribution in [0.15, 0.2) is 46.2 Å². The molecule has 0 aliphatic carbocycles. The van der Waals surface area contributed by atoms with E-state index in [2.05, 4.69) is 15.0 Å². The van der Waals surface area contributed by atoms with E-state index in [4.69, 9.17) is 15.5 Å². The number of hydrogen-bond donors (Lipinski definition) is 2. The Morgan fingerprint density at radius 3 is 2.65 bits per heavy atom. The number of fused-ring (bicyclic) bond motifs is 3. The summed E-state index contributed by atoms with van der Waals surface area (Å²) in [6.07, 6.45) is 4.20. The molecular formula is C23H23N7O4. The number of hydrogen-bond acceptors (Lipinski definition) is 8. The topological polar surface area (TPSA) is 149 Å². The number of rotatable bonds is 4. The van der Waals surface area contributed by atoms with E-state index in [9.17, 15) is 14.4 Å². The lowest BCUT2D eigenvalue weighted by atomic mass is 10.0. The molecule has 11 heteroatoms. The first kappa shape index (κ1) is 21.7. The zero-order valence-electron chi connectivity index (χ0n) is 18.5. The maximum atomic E-state index is 13.0. The second-order valence-corrected chi connectivity index (χ2v) is 8.23. The van der Waals surface area contributed by atoms with Crippen molar-refractivity contribution in [3.05, 3.63) is 57.5 Å². The Hall–Kier alpha value is -4.12. The standard InChI is InChI=1S/C23H23N7O4/c1-34-12-19(31)29-8-6-14(7-9-29)30-21-15(22(32)28-23(30)33)11-25-17-4-3-16(27-20(17)21)13-2-5-18(24)26-10-13/h2-5,10-11,14H,6-9,12H2,1H3,(H2,24,26)(H,28,32,33). The summed E-state index contributed by atoms with van der Waals surface area (Å²) in [6.45, 7) is 0.993. The van der Waals surface area contributed by atoms with Gasteiger partial charge in [-0.15, -0.1) is 0 Å². The van der Waals surface area contributed by atoms with Crippen molar-refractivity contribution in [2.75, 3.05) is 32.5 Å². The molecule has 0 spiro atoms. The SMILES string of the molecule is COCC(=O)N1CCC(n2c(=O)[nH]c(=O)c3cnc4ccc(-c5ccc(N)nc5)nc4c32)CC1. The summed E-state index contributed by atoms with van der Waals surface area (Å²) in [7, 11) is 1.48. The fraction of sp³-hybridized carbons (Fsp3) is 0.304. The highest BCUT2D eigenvalue weighted by atomic mass is 16.5. The van der Waals surface area contributed by atoms with E-state index in [-0.39, 0.29) is 23.9 Å². The lowest BCUT2D eigenvalue weighted by Crippen LogP contribution is -2.43. The Kier molecular flexibility index (Phi) is 5.54. The molecule has 0 aromatic carbocycles. The molecule has 4 aromatic heterocycles. The predicted octanol–water partition coefficient (Wildman–Crippen LogP) is 1.09. The maximum absolute atomic E-state index is 13.0. The Morgan fingerprint density at radius 1 is 1.15 bits per heavy atom. The van der Waals surface area contributed by atoms with Crippen LogP contribution in [0.25, 0.3) is 33.2 Å². The van der Waals surface area contributed by atoms with Gasteiger partial charge < -0.3 is 15.4 Å². The minimum Gasteiger partial charge on any atom is -0.384 e. The van der Waals surface area contributed by atoms with Gasteiger partial charge in [-0.1, -0.05) is 0 Å². The summed E-state index contributed by atoms with van der Waals surface area (Å²) in [6, 6.07) is 6.89. The number of aromatic nitrogens is 5. The molecule has 34 heavy (non-hydrogen) atoms. The minimum atomic E-state index is -0.514. The van der Waals surface area contributed by atoms with E-state index in [1.165, 1.54) is 13.3 Å². The monoisotopic (exact) mass is 461 g/mol. The summed E-state index contributed by atoms with van der Waals surface area (Å²) in [4.78, 5) is 55.3. The summed E-state index contributed by atoms with van der Waals surface area (Å²) in [5.74, 6) is 0.310. The molecule has 0 radical (unpaired) electrons. The highest BCUT2D eigenvalue weighted by Crippen LogP contribution is 2.28.